The molecule has 0 aromatic carbocycles. The summed E-state index contributed by atoms with van der Waals surface area (Å²) in [5.41, 5.74) is 0. The van der Waals surface area contributed by atoms with E-state index in [4.69, 9.17) is 5.11 Å². The molecule has 0 rings (SSSR count). The van der Waals surface area contributed by atoms with Crippen molar-refractivity contribution >= 4 is 23.6 Å². The third-order valence-electron chi connectivity index (χ3n) is 3.48. The molecule has 150 valence electrons. The van der Waals surface area contributed by atoms with Crippen molar-refractivity contribution in [1.82, 2.24) is 10.6 Å². The van der Waals surface area contributed by atoms with Crippen molar-refractivity contribution in [2.75, 3.05) is 0 Å². The standard InChI is InChI=1S/C15H26N2O9/c1-6(18)4-11(23)17-12(7(2)19)14(24)13(16-8(3)20)9(21)5-10(22)15(25)26/h6-7,9,12-14,18-19,21,24H,4-5H2,1-3H3,(H,16,20)(H,17,23)(H,25,26)/t6-,7+,9+,12+,13+,14+/m1/s1. The number of carboxylic acid groups (broad SMARTS) is 1. The number of ketones is 1. The molecule has 7 N–H and O–H groups in total. The monoisotopic (exact) mass is 378 g/mol. The average molecular weight is 378 g/mol. The zero-order chi connectivity index (χ0) is 20.6. The van der Waals surface area contributed by atoms with Gasteiger partial charge in [-0.15, -0.1) is 0 Å². The van der Waals surface area contributed by atoms with Gasteiger partial charge < -0.3 is 36.2 Å². The van der Waals surface area contributed by atoms with Crippen molar-refractivity contribution in [3.05, 3.63) is 0 Å². The van der Waals surface area contributed by atoms with E-state index in [-0.39, 0.29) is 6.42 Å². The lowest BCUT2D eigenvalue weighted by atomic mass is 9.92. The summed E-state index contributed by atoms with van der Waals surface area (Å²) in [6, 6.07) is -2.91. The Morgan fingerprint density at radius 3 is 1.81 bits per heavy atom. The highest BCUT2D eigenvalue weighted by Crippen LogP contribution is 2.12. The van der Waals surface area contributed by atoms with Gasteiger partial charge in [0.1, 0.15) is 0 Å². The van der Waals surface area contributed by atoms with Gasteiger partial charge in [-0.2, -0.15) is 0 Å². The molecule has 0 heterocycles. The Labute approximate surface area is 150 Å². The van der Waals surface area contributed by atoms with Crippen molar-refractivity contribution < 1.29 is 44.7 Å². The second-order valence-electron chi connectivity index (χ2n) is 6.10. The summed E-state index contributed by atoms with van der Waals surface area (Å²) in [6.07, 6.45) is -7.07. The van der Waals surface area contributed by atoms with E-state index in [9.17, 15) is 39.6 Å². The largest absolute Gasteiger partial charge is 0.475 e. The van der Waals surface area contributed by atoms with E-state index < -0.39 is 66.5 Å². The van der Waals surface area contributed by atoms with E-state index in [0.29, 0.717) is 0 Å². The molecule has 2 amide bonds. The first-order chi connectivity index (χ1) is 11.9. The van der Waals surface area contributed by atoms with Crippen LogP contribution in [0.5, 0.6) is 0 Å². The molecule has 0 saturated carbocycles. The fourth-order valence-corrected chi connectivity index (χ4v) is 2.28. The van der Waals surface area contributed by atoms with Crippen LogP contribution in [0.2, 0.25) is 0 Å². The molecular weight excluding hydrogens is 352 g/mol. The molecule has 0 spiro atoms. The van der Waals surface area contributed by atoms with Crippen LogP contribution in [0, 0.1) is 0 Å². The van der Waals surface area contributed by atoms with Crippen molar-refractivity contribution in [3.8, 4) is 0 Å². The first kappa shape index (κ1) is 23.9. The van der Waals surface area contributed by atoms with Crippen LogP contribution in [-0.4, -0.2) is 85.6 Å². The number of hydrogen-bond acceptors (Lipinski definition) is 8. The van der Waals surface area contributed by atoms with Crippen LogP contribution >= 0.6 is 0 Å². The van der Waals surface area contributed by atoms with E-state index in [1.54, 1.807) is 0 Å². The normalized spacial score (nSPS) is 18.0. The maximum Gasteiger partial charge on any atom is 0.372 e. The van der Waals surface area contributed by atoms with Crippen LogP contribution in [0.3, 0.4) is 0 Å². The van der Waals surface area contributed by atoms with Gasteiger partial charge in [0.25, 0.3) is 0 Å². The number of amides is 2. The molecule has 0 aromatic rings. The Bertz CT molecular complexity index is 521. The Morgan fingerprint density at radius 2 is 1.42 bits per heavy atom. The van der Waals surface area contributed by atoms with Crippen LogP contribution in [0.15, 0.2) is 0 Å². The topological polar surface area (TPSA) is 193 Å². The lowest BCUT2D eigenvalue weighted by Crippen LogP contribution is -2.61. The van der Waals surface area contributed by atoms with Gasteiger partial charge in [-0.05, 0) is 13.8 Å². The van der Waals surface area contributed by atoms with Crippen LogP contribution in [-0.2, 0) is 19.2 Å². The summed E-state index contributed by atoms with van der Waals surface area (Å²) in [7, 11) is 0. The predicted molar refractivity (Wildman–Crippen MR) is 86.8 cm³/mol. The summed E-state index contributed by atoms with van der Waals surface area (Å²) in [5, 5.41) is 52.5. The van der Waals surface area contributed by atoms with Crippen LogP contribution in [0.25, 0.3) is 0 Å². The lowest BCUT2D eigenvalue weighted by molar-refractivity contribution is -0.150. The van der Waals surface area contributed by atoms with E-state index in [1.165, 1.54) is 13.8 Å². The third kappa shape index (κ3) is 8.34. The van der Waals surface area contributed by atoms with Crippen molar-refractivity contribution in [1.29, 1.82) is 0 Å². The molecular formula is C15H26N2O9. The van der Waals surface area contributed by atoms with Gasteiger partial charge in [0.2, 0.25) is 17.6 Å². The highest BCUT2D eigenvalue weighted by atomic mass is 16.4. The Hall–Kier alpha value is -2.08. The number of carbonyl (C=O) groups excluding carboxylic acids is 3. The lowest BCUT2D eigenvalue weighted by Gasteiger charge is -2.34. The number of Topliss-reactive ketones (excluding diaryl/α,β-unsaturated/α-hetero) is 1. The summed E-state index contributed by atoms with van der Waals surface area (Å²) < 4.78 is 0. The molecule has 26 heavy (non-hydrogen) atoms. The number of aliphatic hydroxyl groups excluding tert-OH is 4. The first-order valence-electron chi connectivity index (χ1n) is 7.91. The molecule has 0 fully saturated rings. The predicted octanol–water partition coefficient (Wildman–Crippen LogP) is -3.11. The number of nitrogens with one attached hydrogen (secondary N) is 2. The number of hydrogen-bond donors (Lipinski definition) is 7. The minimum atomic E-state index is -1.79. The van der Waals surface area contributed by atoms with Crippen molar-refractivity contribution in [2.45, 2.75) is 70.1 Å². The fraction of sp³-hybridized carbons (Fsp3) is 0.733. The van der Waals surface area contributed by atoms with E-state index in [1.807, 2.05) is 0 Å². The number of carbonyl (C=O) groups is 4. The third-order valence-corrected chi connectivity index (χ3v) is 3.48. The Morgan fingerprint density at radius 1 is 0.885 bits per heavy atom. The molecule has 0 aliphatic rings. The van der Waals surface area contributed by atoms with E-state index >= 15 is 0 Å². The van der Waals surface area contributed by atoms with Gasteiger partial charge in [0.05, 0.1) is 42.9 Å². The zero-order valence-corrected chi connectivity index (χ0v) is 14.7. The molecule has 11 heteroatoms. The number of aliphatic carboxylic acids is 1. The summed E-state index contributed by atoms with van der Waals surface area (Å²) in [5.74, 6) is -4.54. The number of rotatable bonds is 11. The van der Waals surface area contributed by atoms with Gasteiger partial charge >= 0.3 is 5.97 Å². The number of aliphatic hydroxyl groups is 4. The maximum absolute atomic E-state index is 11.8. The van der Waals surface area contributed by atoms with Crippen LogP contribution in [0.4, 0.5) is 0 Å². The van der Waals surface area contributed by atoms with Gasteiger partial charge in [-0.25, -0.2) is 4.79 Å². The Balaban J connectivity index is 5.39. The smallest absolute Gasteiger partial charge is 0.372 e. The van der Waals surface area contributed by atoms with Gasteiger partial charge in [0.15, 0.2) is 0 Å². The maximum atomic E-state index is 11.8. The van der Waals surface area contributed by atoms with Gasteiger partial charge in [-0.1, -0.05) is 0 Å². The second kappa shape index (κ2) is 10.8. The second-order valence-corrected chi connectivity index (χ2v) is 6.10. The van der Waals surface area contributed by atoms with Crippen molar-refractivity contribution in [3.63, 3.8) is 0 Å². The van der Waals surface area contributed by atoms with Gasteiger partial charge in [-0.3, -0.25) is 14.4 Å². The van der Waals surface area contributed by atoms with Crippen LogP contribution in [0.1, 0.15) is 33.6 Å². The molecule has 0 aliphatic carbocycles. The first-order valence-corrected chi connectivity index (χ1v) is 7.91. The van der Waals surface area contributed by atoms with Crippen LogP contribution < -0.4 is 10.6 Å². The SMILES string of the molecule is CC(=O)N[C@H]([C@@H](O)[C@@H](NC(=O)C[C@@H](C)O)[C@H](C)O)[C@@H](O)CC(=O)C(=O)O. The molecule has 11 nitrogen and oxygen atoms in total. The molecule has 0 bridgehead atoms. The number of carboxylic acids is 1. The molecule has 0 saturated heterocycles. The molecule has 0 unspecified atom stereocenters. The summed E-state index contributed by atoms with van der Waals surface area (Å²) >= 11 is 0. The zero-order valence-electron chi connectivity index (χ0n) is 14.7. The summed E-state index contributed by atoms with van der Waals surface area (Å²) in [4.78, 5) is 45.0. The molecule has 0 aliphatic heterocycles. The highest BCUT2D eigenvalue weighted by Gasteiger charge is 2.38. The molecule has 0 radical (unpaired) electrons. The minimum absolute atomic E-state index is 0.319. The van der Waals surface area contributed by atoms with E-state index in [2.05, 4.69) is 10.6 Å². The minimum Gasteiger partial charge on any atom is -0.475 e. The van der Waals surface area contributed by atoms with Gasteiger partial charge in [0, 0.05) is 13.3 Å². The Kier molecular flexibility index (Phi) is 9.94. The van der Waals surface area contributed by atoms with E-state index in [0.717, 1.165) is 6.92 Å². The fourth-order valence-electron chi connectivity index (χ4n) is 2.28. The summed E-state index contributed by atoms with van der Waals surface area (Å²) in [6.45, 7) is 3.65. The quantitative estimate of drug-likeness (QED) is 0.182. The highest BCUT2D eigenvalue weighted by molar-refractivity contribution is 6.32. The average Bonchev–Trinajstić information content (AvgIpc) is 2.48. The van der Waals surface area contributed by atoms with Crippen molar-refractivity contribution in [2.24, 2.45) is 0 Å². The molecule has 6 atom stereocenters. The molecule has 0 aromatic heterocycles.